The standard InChI is InChI=1S/C29H25FN4O3.C25H25N3O3S.C24H21ClN2O3.C24H21FN2O3/c1-17-20(6-7-27(30)33-17)24-13-18(8-10-31-24)12-19-14-23-28(22-5-3-2-4-21(19)22)32-16-34(29(23)36)25-9-11-37-15-26(25)35;1-2-32-23-12-16(7-9-26-23)11-17-13-20-24(19-6-4-3-5-18(17)19)27-15-28(25(20)30)21-8-10-31-14-22(21)29;2*25-17-7-5-15(6-8-17)11-16-12-20-23(19-4-2-1-3-18(16)19)26-14-27(24(20)29)21-9-10-30-13-22(21)28/h2-8,10,13-14,16,25-26,35H,9,11-12,15H2,1H3;3-7,9,12-13,15,21-22,29H,2,8,10-11,14H2,1H3;2*1-8,12,14,21-22,28H,9-11,13H2/t25-,26-;3*21-,22-/m0000/s1. The molecule has 23 nitrogen and oxygen atoms in total. The third-order valence-corrected chi connectivity index (χ3v) is 25.8. The first-order valence-corrected chi connectivity index (χ1v) is 44.6. The highest BCUT2D eigenvalue weighted by molar-refractivity contribution is 7.99. The first-order chi connectivity index (χ1) is 62.9. The van der Waals surface area contributed by atoms with Gasteiger partial charge < -0.3 is 39.4 Å². The molecule has 4 saturated heterocycles. The van der Waals surface area contributed by atoms with E-state index >= 15 is 0 Å². The van der Waals surface area contributed by atoms with E-state index in [2.05, 4.69) is 60.0 Å². The van der Waals surface area contributed by atoms with Crippen molar-refractivity contribution in [3.63, 3.8) is 0 Å². The average molecular weight is 1770 g/mol. The van der Waals surface area contributed by atoms with Crippen LogP contribution in [0.4, 0.5) is 8.78 Å². The van der Waals surface area contributed by atoms with E-state index < -0.39 is 30.4 Å². The second-order valence-electron chi connectivity index (χ2n) is 32.9. The van der Waals surface area contributed by atoms with E-state index in [1.807, 2.05) is 158 Å². The highest BCUT2D eigenvalue weighted by atomic mass is 35.5. The summed E-state index contributed by atoms with van der Waals surface area (Å²) in [5.41, 5.74) is 12.5. The minimum Gasteiger partial charge on any atom is -0.389 e. The molecule has 21 rings (SSSR count). The number of nitrogens with zero attached hydrogens (tertiary/aromatic N) is 11. The number of aromatic nitrogens is 11. The molecule has 17 aromatic rings. The van der Waals surface area contributed by atoms with Gasteiger partial charge in [0.2, 0.25) is 5.95 Å². The molecule has 7 aromatic heterocycles. The average Bonchev–Trinajstić information content (AvgIpc) is 0.763. The first kappa shape index (κ1) is 87.1. The molecule has 129 heavy (non-hydrogen) atoms. The number of aliphatic hydroxyl groups excluding tert-OH is 4. The molecule has 0 bridgehead atoms. The summed E-state index contributed by atoms with van der Waals surface area (Å²) >= 11 is 7.75. The number of hydrogen-bond donors (Lipinski definition) is 4. The van der Waals surface area contributed by atoms with Crippen LogP contribution in [0.5, 0.6) is 0 Å². The second-order valence-corrected chi connectivity index (χ2v) is 34.7. The van der Waals surface area contributed by atoms with Gasteiger partial charge in [0.15, 0.2) is 0 Å². The quantitative estimate of drug-likeness (QED) is 0.0421. The Hall–Kier alpha value is -12.6. The fraction of sp³-hybridized carbons (Fsp3) is 0.265. The van der Waals surface area contributed by atoms with Crippen molar-refractivity contribution in [3.05, 3.63) is 352 Å². The molecule has 4 aliphatic rings. The van der Waals surface area contributed by atoms with Gasteiger partial charge in [0, 0.05) is 76.6 Å². The van der Waals surface area contributed by atoms with Crippen LogP contribution in [0.1, 0.15) is 107 Å². The fourth-order valence-corrected chi connectivity index (χ4v) is 19.1. The summed E-state index contributed by atoms with van der Waals surface area (Å²) < 4.78 is 54.4. The maximum atomic E-state index is 13.6. The largest absolute Gasteiger partial charge is 0.389 e. The molecule has 0 radical (unpaired) electrons. The molecule has 4 aliphatic heterocycles. The summed E-state index contributed by atoms with van der Waals surface area (Å²) in [6.07, 6.45) is 11.7. The topological polar surface area (TPSA) is 296 Å². The maximum Gasteiger partial charge on any atom is 0.261 e. The number of ether oxygens (including phenoxy) is 4. The van der Waals surface area contributed by atoms with E-state index in [1.165, 1.54) is 29.1 Å². The fourth-order valence-electron chi connectivity index (χ4n) is 18.3. The van der Waals surface area contributed by atoms with Crippen molar-refractivity contribution in [3.8, 4) is 11.3 Å². The SMILES string of the molecule is CCSc1cc(Cc2cc3c(=O)n([C@H]4CCOC[C@@H]4O)cnc3c3ccccc23)ccn1.Cc1nc(F)ccc1-c1cc(Cc2cc3c(=O)n([C@H]4CCOC[C@@H]4O)cnc3c3ccccc23)ccn1.O=c1c2cc(Cc3ccc(Cl)cc3)c3ccccc3c2ncn1[C@H]1CCOC[C@@H]1O.O=c1c2cc(Cc3ccc(F)cc3)c3ccccc3c2ncn1[C@H]1CCOC[C@@H]1O. The Morgan fingerprint density at radius 2 is 0.705 bits per heavy atom. The van der Waals surface area contributed by atoms with E-state index in [9.17, 15) is 48.4 Å². The summed E-state index contributed by atoms with van der Waals surface area (Å²) in [7, 11) is 0. The number of aryl methyl sites for hydroxylation is 1. The van der Waals surface area contributed by atoms with Crippen LogP contribution in [0.15, 0.2) is 268 Å². The van der Waals surface area contributed by atoms with Crippen LogP contribution in [0.3, 0.4) is 0 Å². The Morgan fingerprint density at radius 1 is 0.380 bits per heavy atom. The van der Waals surface area contributed by atoms with Gasteiger partial charge in [-0.05, 0) is 215 Å². The third-order valence-electron chi connectivity index (χ3n) is 24.8. The van der Waals surface area contributed by atoms with Gasteiger partial charge in [-0.25, -0.2) is 34.3 Å². The molecule has 4 fully saturated rings. The molecule has 0 saturated carbocycles. The van der Waals surface area contributed by atoms with Crippen LogP contribution in [-0.4, -0.2) is 157 Å². The molecule has 0 amide bonds. The number of halogens is 3. The number of thioether (sulfide) groups is 1. The monoisotopic (exact) mass is 1770 g/mol. The molecule has 4 N–H and O–H groups in total. The van der Waals surface area contributed by atoms with Gasteiger partial charge in [-0.1, -0.05) is 140 Å². The van der Waals surface area contributed by atoms with Crippen molar-refractivity contribution in [1.29, 1.82) is 0 Å². The molecule has 654 valence electrons. The number of fused-ring (bicyclic) bond motifs is 12. The number of aliphatic hydroxyl groups is 4. The summed E-state index contributed by atoms with van der Waals surface area (Å²) in [6.45, 7) is 6.78. The molecule has 27 heteroatoms. The van der Waals surface area contributed by atoms with Crippen molar-refractivity contribution < 1.29 is 48.2 Å². The minimum atomic E-state index is -0.759. The lowest BCUT2D eigenvalue weighted by Gasteiger charge is -2.29. The lowest BCUT2D eigenvalue weighted by atomic mass is 9.95. The summed E-state index contributed by atoms with van der Waals surface area (Å²) in [6, 6.07) is 63.5. The zero-order valence-corrected chi connectivity index (χ0v) is 72.3. The van der Waals surface area contributed by atoms with Gasteiger partial charge in [-0.15, -0.1) is 11.8 Å². The Morgan fingerprint density at radius 3 is 1.05 bits per heavy atom. The molecule has 8 atom stereocenters. The number of hydrogen-bond acceptors (Lipinski definition) is 20. The van der Waals surface area contributed by atoms with Crippen molar-refractivity contribution in [2.75, 3.05) is 58.6 Å². The zero-order chi connectivity index (χ0) is 88.9. The molecule has 10 aromatic carbocycles. The third kappa shape index (κ3) is 18.5. The zero-order valence-electron chi connectivity index (χ0n) is 70.7. The smallest absolute Gasteiger partial charge is 0.261 e. The maximum absolute atomic E-state index is 13.6. The highest BCUT2D eigenvalue weighted by Gasteiger charge is 2.32. The van der Waals surface area contributed by atoms with Crippen molar-refractivity contribution in [2.24, 2.45) is 0 Å². The van der Waals surface area contributed by atoms with Crippen LogP contribution in [0.25, 0.3) is 98.0 Å². The van der Waals surface area contributed by atoms with Gasteiger partial charge in [-0.3, -0.25) is 42.4 Å². The predicted octanol–water partition coefficient (Wildman–Crippen LogP) is 16.1. The van der Waals surface area contributed by atoms with Crippen molar-refractivity contribution >= 4 is 110 Å². The van der Waals surface area contributed by atoms with Gasteiger partial charge in [-0.2, -0.15) is 4.39 Å². The Balaban J connectivity index is 0.000000116. The Kier molecular flexibility index (Phi) is 26.2. The summed E-state index contributed by atoms with van der Waals surface area (Å²) in [5, 5.41) is 53.3. The Bertz CT molecular complexity index is 7130. The highest BCUT2D eigenvalue weighted by Crippen LogP contribution is 2.37. The van der Waals surface area contributed by atoms with Crippen molar-refractivity contribution in [2.45, 2.75) is 119 Å². The number of rotatable bonds is 15. The van der Waals surface area contributed by atoms with E-state index in [0.29, 0.717) is 138 Å². The molecule has 11 heterocycles. The van der Waals surface area contributed by atoms with Crippen LogP contribution >= 0.6 is 23.4 Å². The molecular weight excluding hydrogens is 1680 g/mol. The van der Waals surface area contributed by atoms with Gasteiger partial charge >= 0.3 is 0 Å². The van der Waals surface area contributed by atoms with E-state index in [4.69, 9.17) is 30.5 Å². The van der Waals surface area contributed by atoms with Gasteiger partial charge in [0.05, 0.1) is 155 Å². The molecular formula is C102H92ClF2N11O12S. The van der Waals surface area contributed by atoms with Gasteiger partial charge in [0.25, 0.3) is 22.2 Å². The second kappa shape index (κ2) is 38.8. The Labute approximate surface area is 747 Å². The minimum absolute atomic E-state index is 0.120. The predicted molar refractivity (Wildman–Crippen MR) is 498 cm³/mol. The van der Waals surface area contributed by atoms with Gasteiger partial charge in [0.1, 0.15) is 5.82 Å². The number of pyridine rings is 3. The normalized spacial score (nSPS) is 18.9. The van der Waals surface area contributed by atoms with Crippen LogP contribution in [0, 0.1) is 18.7 Å². The molecule has 0 unspecified atom stereocenters. The summed E-state index contributed by atoms with van der Waals surface area (Å²) in [4.78, 5) is 85.4. The van der Waals surface area contributed by atoms with E-state index in [0.717, 1.165) is 104 Å². The van der Waals surface area contributed by atoms with Crippen LogP contribution in [-0.2, 0) is 44.6 Å². The van der Waals surface area contributed by atoms with Crippen LogP contribution in [0.2, 0.25) is 5.02 Å². The van der Waals surface area contributed by atoms with E-state index in [-0.39, 0.29) is 78.6 Å². The molecule has 0 spiro atoms. The van der Waals surface area contributed by atoms with E-state index in [1.54, 1.807) is 75.8 Å². The molecule has 0 aliphatic carbocycles. The van der Waals surface area contributed by atoms with Crippen molar-refractivity contribution in [1.82, 2.24) is 53.2 Å². The lowest BCUT2D eigenvalue weighted by Crippen LogP contribution is -2.39. The summed E-state index contributed by atoms with van der Waals surface area (Å²) in [5.74, 6) is 0.176. The van der Waals surface area contributed by atoms with Crippen LogP contribution < -0.4 is 22.2 Å². The lowest BCUT2D eigenvalue weighted by molar-refractivity contribution is -0.0395. The number of benzene rings is 10. The first-order valence-electron chi connectivity index (χ1n) is 43.2.